The Morgan fingerprint density at radius 1 is 1.20 bits per heavy atom. The maximum Gasteiger partial charge on any atom is 0.240 e. The van der Waals surface area contributed by atoms with Gasteiger partial charge in [0, 0.05) is 18.5 Å². The molecule has 0 radical (unpaired) electrons. The fourth-order valence-corrected chi connectivity index (χ4v) is 7.11. The second-order valence-electron chi connectivity index (χ2n) is 10.0. The topological polar surface area (TPSA) is 89.4 Å². The lowest BCUT2D eigenvalue weighted by Crippen LogP contribution is -2.62. The van der Waals surface area contributed by atoms with Crippen LogP contribution in [0, 0.1) is 16.7 Å². The molecule has 5 nitrogen and oxygen atoms in total. The summed E-state index contributed by atoms with van der Waals surface area (Å²) in [6, 6.07) is -0.389. The first kappa shape index (κ1) is 18.7. The van der Waals surface area contributed by atoms with E-state index in [1.165, 1.54) is 38.5 Å². The highest BCUT2D eigenvalue weighted by Gasteiger charge is 2.58. The predicted molar refractivity (Wildman–Crippen MR) is 98.5 cm³/mol. The zero-order chi connectivity index (χ0) is 18.5. The van der Waals surface area contributed by atoms with Crippen molar-refractivity contribution < 1.29 is 9.59 Å². The van der Waals surface area contributed by atoms with Crippen LogP contribution in [-0.4, -0.2) is 34.8 Å². The summed E-state index contributed by atoms with van der Waals surface area (Å²) in [6.45, 7) is 7.48. The molecule has 5 aliphatic rings. The standard InChI is InChI=1S/C12H21N.C8H14N2O2/c1-10-3-9-4-11(2,6-10)8-12(13,5-9)7-10;1-2-6(8(9)12)10-5-3-4-7(10)11/h9H,3-8,13H2,1-2H3;6H,2-5H2,1H3,(H2,9,12)/t9?,10-,11+,12?;6-/m.0/s1. The normalized spacial score (nSPS) is 43.0. The number of nitrogens with zero attached hydrogens (tertiary/aromatic N) is 1. The van der Waals surface area contributed by atoms with Gasteiger partial charge >= 0.3 is 0 Å². The van der Waals surface area contributed by atoms with Crippen molar-refractivity contribution in [2.24, 2.45) is 28.2 Å². The lowest BCUT2D eigenvalue weighted by Gasteiger charge is -2.64. The van der Waals surface area contributed by atoms with Crippen molar-refractivity contribution in [3.8, 4) is 0 Å². The van der Waals surface area contributed by atoms with Crippen LogP contribution in [0.25, 0.3) is 0 Å². The summed E-state index contributed by atoms with van der Waals surface area (Å²) < 4.78 is 0. The number of carbonyl (C=O) groups is 2. The zero-order valence-electron chi connectivity index (χ0n) is 16.1. The van der Waals surface area contributed by atoms with Gasteiger partial charge in [-0.2, -0.15) is 0 Å². The van der Waals surface area contributed by atoms with E-state index in [9.17, 15) is 9.59 Å². The third kappa shape index (κ3) is 3.71. The molecule has 142 valence electrons. The summed E-state index contributed by atoms with van der Waals surface area (Å²) in [7, 11) is 0. The molecule has 0 aromatic rings. The minimum atomic E-state index is -0.396. The number of primary amides is 1. The predicted octanol–water partition coefficient (Wildman–Crippen LogP) is 2.57. The fourth-order valence-electron chi connectivity index (χ4n) is 7.11. The van der Waals surface area contributed by atoms with Gasteiger partial charge in [0.15, 0.2) is 0 Å². The van der Waals surface area contributed by atoms with Crippen LogP contribution in [0.1, 0.15) is 78.6 Å². The Kier molecular flexibility index (Phi) is 4.68. The summed E-state index contributed by atoms with van der Waals surface area (Å²) in [6.07, 6.45) is 10.3. The van der Waals surface area contributed by atoms with E-state index in [4.69, 9.17) is 11.5 Å². The maximum atomic E-state index is 11.2. The quantitative estimate of drug-likeness (QED) is 0.820. The van der Waals surface area contributed by atoms with Crippen molar-refractivity contribution >= 4 is 11.8 Å². The van der Waals surface area contributed by atoms with E-state index in [1.54, 1.807) is 4.90 Å². The Labute approximate surface area is 151 Å². The molecule has 2 unspecified atom stereocenters. The molecule has 25 heavy (non-hydrogen) atoms. The van der Waals surface area contributed by atoms with Crippen LogP contribution >= 0.6 is 0 Å². The Bertz CT molecular complexity index is 510. The van der Waals surface area contributed by atoms with E-state index in [1.807, 2.05) is 6.92 Å². The van der Waals surface area contributed by atoms with Crippen molar-refractivity contribution in [1.82, 2.24) is 4.90 Å². The summed E-state index contributed by atoms with van der Waals surface area (Å²) in [4.78, 5) is 23.7. The molecule has 5 fully saturated rings. The first-order chi connectivity index (χ1) is 11.6. The van der Waals surface area contributed by atoms with Gasteiger partial charge in [0.1, 0.15) is 6.04 Å². The molecule has 0 aromatic heterocycles. The van der Waals surface area contributed by atoms with E-state index in [0.29, 0.717) is 30.2 Å². The smallest absolute Gasteiger partial charge is 0.240 e. The average Bonchev–Trinajstić information content (AvgIpc) is 2.80. The first-order valence-electron chi connectivity index (χ1n) is 9.95. The molecule has 4 saturated carbocycles. The average molecular weight is 350 g/mol. The largest absolute Gasteiger partial charge is 0.368 e. The minimum Gasteiger partial charge on any atom is -0.368 e. The van der Waals surface area contributed by atoms with Gasteiger partial charge in [-0.15, -0.1) is 0 Å². The molecule has 0 spiro atoms. The highest BCUT2D eigenvalue weighted by atomic mass is 16.2. The number of likely N-dealkylation sites (tertiary alicyclic amines) is 1. The lowest BCUT2D eigenvalue weighted by atomic mass is 9.43. The minimum absolute atomic E-state index is 0.0562. The first-order valence-corrected chi connectivity index (χ1v) is 9.95. The van der Waals surface area contributed by atoms with Crippen molar-refractivity contribution in [3.63, 3.8) is 0 Å². The number of carbonyl (C=O) groups excluding carboxylic acids is 2. The zero-order valence-corrected chi connectivity index (χ0v) is 16.1. The van der Waals surface area contributed by atoms with E-state index in [2.05, 4.69) is 13.8 Å². The van der Waals surface area contributed by atoms with E-state index < -0.39 is 5.91 Å². The Morgan fingerprint density at radius 2 is 1.80 bits per heavy atom. The Morgan fingerprint density at radius 3 is 2.16 bits per heavy atom. The summed E-state index contributed by atoms with van der Waals surface area (Å²) in [5, 5.41) is 0. The lowest BCUT2D eigenvalue weighted by molar-refractivity contribution is -0.136. The molecule has 4 aliphatic carbocycles. The third-order valence-electron chi connectivity index (χ3n) is 6.87. The fraction of sp³-hybridized carbons (Fsp3) is 0.900. The van der Waals surface area contributed by atoms with Gasteiger partial charge < -0.3 is 16.4 Å². The molecule has 4 bridgehead atoms. The third-order valence-corrected chi connectivity index (χ3v) is 6.87. The maximum absolute atomic E-state index is 11.2. The van der Waals surface area contributed by atoms with Crippen LogP contribution in [0.15, 0.2) is 0 Å². The van der Waals surface area contributed by atoms with Crippen molar-refractivity contribution in [1.29, 1.82) is 0 Å². The van der Waals surface area contributed by atoms with Crippen LogP contribution in [0.3, 0.4) is 0 Å². The number of hydrogen-bond acceptors (Lipinski definition) is 3. The van der Waals surface area contributed by atoms with Crippen LogP contribution in [-0.2, 0) is 9.59 Å². The monoisotopic (exact) mass is 349 g/mol. The molecular formula is C20H35N3O2. The van der Waals surface area contributed by atoms with Crippen molar-refractivity contribution in [3.05, 3.63) is 0 Å². The van der Waals surface area contributed by atoms with Crippen LogP contribution in [0.2, 0.25) is 0 Å². The van der Waals surface area contributed by atoms with E-state index in [0.717, 1.165) is 12.3 Å². The SMILES string of the molecule is CC[C@@H](C(N)=O)N1CCCC1=O.C[C@]12CC3CC(N)(C1)C[C@@](C)(C3)C2. The number of amides is 2. The second-order valence-corrected chi connectivity index (χ2v) is 10.0. The molecule has 1 aliphatic heterocycles. The summed E-state index contributed by atoms with van der Waals surface area (Å²) >= 11 is 0. The number of nitrogens with two attached hydrogens (primary N) is 2. The number of hydrogen-bond donors (Lipinski definition) is 2. The van der Waals surface area contributed by atoms with Gasteiger partial charge in [0.05, 0.1) is 0 Å². The van der Waals surface area contributed by atoms with Crippen LogP contribution in [0.5, 0.6) is 0 Å². The second kappa shape index (κ2) is 6.26. The molecule has 5 rings (SSSR count). The van der Waals surface area contributed by atoms with Crippen LogP contribution in [0.4, 0.5) is 0 Å². The molecule has 1 saturated heterocycles. The Hall–Kier alpha value is -1.10. The molecule has 4 N–H and O–H groups in total. The molecule has 5 heteroatoms. The van der Waals surface area contributed by atoms with Gasteiger partial charge in [0.2, 0.25) is 11.8 Å². The van der Waals surface area contributed by atoms with Gasteiger partial charge in [-0.05, 0) is 68.1 Å². The van der Waals surface area contributed by atoms with Crippen molar-refractivity contribution in [2.75, 3.05) is 6.54 Å². The number of rotatable bonds is 3. The van der Waals surface area contributed by atoms with Gasteiger partial charge in [-0.25, -0.2) is 0 Å². The Balaban J connectivity index is 0.000000147. The highest BCUT2D eigenvalue weighted by Crippen LogP contribution is 2.65. The molecule has 1 heterocycles. The molecule has 2 amide bonds. The van der Waals surface area contributed by atoms with Crippen LogP contribution < -0.4 is 11.5 Å². The van der Waals surface area contributed by atoms with Crippen molar-refractivity contribution in [2.45, 2.75) is 90.1 Å². The summed E-state index contributed by atoms with van der Waals surface area (Å²) in [5.74, 6) is 0.615. The van der Waals surface area contributed by atoms with Gasteiger partial charge in [-0.3, -0.25) is 9.59 Å². The summed E-state index contributed by atoms with van der Waals surface area (Å²) in [5.41, 5.74) is 13.1. The molecular weight excluding hydrogens is 314 g/mol. The molecule has 0 aromatic carbocycles. The van der Waals surface area contributed by atoms with Gasteiger partial charge in [0.25, 0.3) is 0 Å². The van der Waals surface area contributed by atoms with E-state index in [-0.39, 0.29) is 17.5 Å². The highest BCUT2D eigenvalue weighted by molar-refractivity contribution is 5.87. The van der Waals surface area contributed by atoms with Gasteiger partial charge in [-0.1, -0.05) is 20.8 Å². The van der Waals surface area contributed by atoms with E-state index >= 15 is 0 Å². The molecule has 5 atom stereocenters.